The molecule has 4 heteroatoms. The van der Waals surface area contributed by atoms with Crippen LogP contribution in [0.25, 0.3) is 0 Å². The Morgan fingerprint density at radius 2 is 1.78 bits per heavy atom. The molecule has 2 unspecified atom stereocenters. The highest BCUT2D eigenvalue weighted by Crippen LogP contribution is 2.49. The van der Waals surface area contributed by atoms with Crippen LogP contribution < -0.4 is 5.32 Å². The molecule has 1 saturated heterocycles. The molecule has 2 aliphatic carbocycles. The number of carbonyl (C=O) groups excluding carboxylic acids is 1. The Labute approximate surface area is 192 Å². The van der Waals surface area contributed by atoms with Gasteiger partial charge in [0.25, 0.3) is 0 Å². The first-order valence-electron chi connectivity index (χ1n) is 12.7. The number of nitrogens with zero attached hydrogens (tertiary/aromatic N) is 2. The smallest absolute Gasteiger partial charge is 0.235 e. The average Bonchev–Trinajstić information content (AvgIpc) is 3.38. The summed E-state index contributed by atoms with van der Waals surface area (Å²) in [5.41, 5.74) is 6.69. The third-order valence-corrected chi connectivity index (χ3v) is 8.64. The van der Waals surface area contributed by atoms with E-state index in [2.05, 4.69) is 57.6 Å². The lowest BCUT2D eigenvalue weighted by Crippen LogP contribution is -2.47. The van der Waals surface area contributed by atoms with E-state index in [1.54, 1.807) is 11.1 Å². The molecule has 2 atom stereocenters. The molecule has 0 spiro atoms. The van der Waals surface area contributed by atoms with Crippen molar-refractivity contribution in [3.05, 3.63) is 64.7 Å². The first-order chi connectivity index (χ1) is 15.7. The molecule has 1 amide bonds. The van der Waals surface area contributed by atoms with Gasteiger partial charge < -0.3 is 10.2 Å². The summed E-state index contributed by atoms with van der Waals surface area (Å²) in [6, 6.07) is 16.1. The van der Waals surface area contributed by atoms with Crippen molar-refractivity contribution in [1.82, 2.24) is 9.80 Å². The second-order valence-electron chi connectivity index (χ2n) is 10.3. The molecule has 2 aromatic carbocycles. The van der Waals surface area contributed by atoms with Crippen molar-refractivity contribution < 1.29 is 4.79 Å². The Morgan fingerprint density at radius 1 is 0.938 bits per heavy atom. The minimum absolute atomic E-state index is 0.251. The molecule has 0 radical (unpaired) electrons. The monoisotopic (exact) mass is 429 g/mol. The number of hydrogen-bond acceptors (Lipinski definition) is 3. The molecule has 2 heterocycles. The number of benzene rings is 2. The zero-order valence-corrected chi connectivity index (χ0v) is 19.1. The summed E-state index contributed by atoms with van der Waals surface area (Å²) in [6.07, 6.45) is 9.13. The lowest BCUT2D eigenvalue weighted by atomic mass is 9.68. The van der Waals surface area contributed by atoms with Crippen LogP contribution in [0.4, 0.5) is 5.69 Å². The normalized spacial score (nSPS) is 27.2. The zero-order valence-electron chi connectivity index (χ0n) is 19.1. The maximum atomic E-state index is 13.0. The van der Waals surface area contributed by atoms with Crippen LogP contribution in [0.5, 0.6) is 0 Å². The predicted molar refractivity (Wildman–Crippen MR) is 129 cm³/mol. The molecule has 4 nitrogen and oxygen atoms in total. The molecule has 32 heavy (non-hydrogen) atoms. The van der Waals surface area contributed by atoms with E-state index in [9.17, 15) is 4.79 Å². The summed E-state index contributed by atoms with van der Waals surface area (Å²) < 4.78 is 0. The summed E-state index contributed by atoms with van der Waals surface area (Å²) in [5.74, 6) is 0.255. The number of hydrogen-bond donors (Lipinski definition) is 1. The fourth-order valence-corrected chi connectivity index (χ4v) is 6.99. The maximum Gasteiger partial charge on any atom is 0.235 e. The minimum Gasteiger partial charge on any atom is -0.325 e. The van der Waals surface area contributed by atoms with Gasteiger partial charge in [-0.25, -0.2) is 0 Å². The number of carbonyl (C=O) groups is 1. The molecule has 0 aromatic heterocycles. The van der Waals surface area contributed by atoms with Gasteiger partial charge in [-0.15, -0.1) is 0 Å². The lowest BCUT2D eigenvalue weighted by Gasteiger charge is -2.38. The Kier molecular flexibility index (Phi) is 5.31. The Bertz CT molecular complexity index is 1010. The molecule has 0 bridgehead atoms. The number of fused-ring (bicyclic) bond motifs is 1. The molecule has 6 rings (SSSR count). The van der Waals surface area contributed by atoms with Gasteiger partial charge in [0.2, 0.25) is 5.91 Å². The van der Waals surface area contributed by atoms with Crippen LogP contribution in [0, 0.1) is 0 Å². The van der Waals surface area contributed by atoms with Crippen LogP contribution in [0.2, 0.25) is 0 Å². The largest absolute Gasteiger partial charge is 0.325 e. The first kappa shape index (κ1) is 20.4. The van der Waals surface area contributed by atoms with Crippen LogP contribution in [0.1, 0.15) is 66.8 Å². The van der Waals surface area contributed by atoms with Gasteiger partial charge in [0.15, 0.2) is 0 Å². The van der Waals surface area contributed by atoms with Crippen molar-refractivity contribution in [2.45, 2.75) is 62.8 Å². The van der Waals surface area contributed by atoms with Crippen LogP contribution in [-0.4, -0.2) is 48.4 Å². The number of amides is 1. The molecule has 2 aromatic rings. The number of piperazine rings is 1. The lowest BCUT2D eigenvalue weighted by molar-refractivity contribution is -0.121. The van der Waals surface area contributed by atoms with Gasteiger partial charge in [-0.3, -0.25) is 9.69 Å². The quantitative estimate of drug-likeness (QED) is 0.677. The Hall–Kier alpha value is -2.17. The van der Waals surface area contributed by atoms with Crippen LogP contribution in [0.15, 0.2) is 42.5 Å². The van der Waals surface area contributed by atoms with Gasteiger partial charge in [-0.05, 0) is 79.8 Å². The highest BCUT2D eigenvalue weighted by molar-refractivity contribution is 6.07. The van der Waals surface area contributed by atoms with E-state index in [-0.39, 0.29) is 11.3 Å². The third-order valence-electron chi connectivity index (χ3n) is 8.64. The molecule has 2 aliphatic heterocycles. The number of aryl methyl sites for hydroxylation is 2. The number of unbranched alkanes of at least 4 members (excludes halogenated alkanes) is 1. The van der Waals surface area contributed by atoms with Gasteiger partial charge in [-0.2, -0.15) is 0 Å². The molecule has 1 fully saturated rings. The van der Waals surface area contributed by atoms with E-state index in [1.807, 2.05) is 0 Å². The SMILES string of the molecule is O=C1Nc2cccc3c2C1(CCCCN1CCN(C2CCc4ccccc42)CC1)CCC3. The van der Waals surface area contributed by atoms with E-state index in [1.165, 1.54) is 63.1 Å². The first-order valence-corrected chi connectivity index (χ1v) is 12.7. The number of anilines is 1. The van der Waals surface area contributed by atoms with Gasteiger partial charge in [-0.1, -0.05) is 42.8 Å². The third kappa shape index (κ3) is 3.39. The van der Waals surface area contributed by atoms with Gasteiger partial charge in [0.1, 0.15) is 0 Å². The highest BCUT2D eigenvalue weighted by atomic mass is 16.2. The van der Waals surface area contributed by atoms with E-state index in [0.717, 1.165) is 37.8 Å². The highest BCUT2D eigenvalue weighted by Gasteiger charge is 2.48. The second-order valence-corrected chi connectivity index (χ2v) is 10.3. The van der Waals surface area contributed by atoms with Gasteiger partial charge in [0, 0.05) is 37.9 Å². The van der Waals surface area contributed by atoms with Gasteiger partial charge >= 0.3 is 0 Å². The maximum absolute atomic E-state index is 13.0. The topological polar surface area (TPSA) is 35.6 Å². The minimum atomic E-state index is -0.251. The molecule has 168 valence electrons. The molecular formula is C28H35N3O. The van der Waals surface area contributed by atoms with E-state index in [0.29, 0.717) is 6.04 Å². The standard InChI is InChI=1S/C28H35N3O/c32-27-28(15-6-9-22-8-5-11-24(29-27)26(22)28)14-3-4-16-30-17-19-31(20-18-30)25-13-12-21-7-1-2-10-23(21)25/h1-2,5,7-8,10-11,25H,3-4,6,9,12-20H2,(H,29,32). The van der Waals surface area contributed by atoms with Crippen LogP contribution in [-0.2, 0) is 23.1 Å². The van der Waals surface area contributed by atoms with E-state index < -0.39 is 0 Å². The Balaban J connectivity index is 1.01. The van der Waals surface area contributed by atoms with Crippen molar-refractivity contribution >= 4 is 11.6 Å². The van der Waals surface area contributed by atoms with E-state index >= 15 is 0 Å². The summed E-state index contributed by atoms with van der Waals surface area (Å²) in [7, 11) is 0. The fourth-order valence-electron chi connectivity index (χ4n) is 6.99. The molecule has 0 saturated carbocycles. The molecule has 1 N–H and O–H groups in total. The molecule has 4 aliphatic rings. The van der Waals surface area contributed by atoms with Crippen molar-refractivity contribution in [2.24, 2.45) is 0 Å². The van der Waals surface area contributed by atoms with E-state index in [4.69, 9.17) is 0 Å². The van der Waals surface area contributed by atoms with Gasteiger partial charge in [0.05, 0.1) is 5.41 Å². The summed E-state index contributed by atoms with van der Waals surface area (Å²) in [5, 5.41) is 3.19. The summed E-state index contributed by atoms with van der Waals surface area (Å²) >= 11 is 0. The fraction of sp³-hybridized carbons (Fsp3) is 0.536. The number of rotatable bonds is 6. The average molecular weight is 430 g/mol. The van der Waals surface area contributed by atoms with Crippen molar-refractivity contribution in [3.63, 3.8) is 0 Å². The van der Waals surface area contributed by atoms with Crippen LogP contribution >= 0.6 is 0 Å². The van der Waals surface area contributed by atoms with Crippen molar-refractivity contribution in [1.29, 1.82) is 0 Å². The van der Waals surface area contributed by atoms with Crippen LogP contribution in [0.3, 0.4) is 0 Å². The number of nitrogens with one attached hydrogen (secondary N) is 1. The molecular weight excluding hydrogens is 394 g/mol. The summed E-state index contributed by atoms with van der Waals surface area (Å²) in [4.78, 5) is 18.3. The summed E-state index contributed by atoms with van der Waals surface area (Å²) in [6.45, 7) is 5.89. The zero-order chi connectivity index (χ0) is 21.5. The predicted octanol–water partition coefficient (Wildman–Crippen LogP) is 4.69. The second kappa shape index (κ2) is 8.31. The van der Waals surface area contributed by atoms with Crippen molar-refractivity contribution in [3.8, 4) is 0 Å². The van der Waals surface area contributed by atoms with Crippen molar-refractivity contribution in [2.75, 3.05) is 38.0 Å². The Morgan fingerprint density at radius 3 is 2.69 bits per heavy atom.